The number of halogens is 1. The zero-order valence-corrected chi connectivity index (χ0v) is 11.8. The molecule has 0 amide bonds. The lowest BCUT2D eigenvalue weighted by molar-refractivity contribution is 0.679. The Balaban J connectivity index is 1.78. The molecule has 19 heavy (non-hydrogen) atoms. The van der Waals surface area contributed by atoms with E-state index in [0.717, 1.165) is 23.5 Å². The van der Waals surface area contributed by atoms with Crippen LogP contribution in [-0.4, -0.2) is 25.8 Å². The van der Waals surface area contributed by atoms with Crippen LogP contribution in [0.5, 0.6) is 0 Å². The topological polar surface area (TPSA) is 55.6 Å². The third-order valence-electron chi connectivity index (χ3n) is 3.26. The summed E-state index contributed by atoms with van der Waals surface area (Å²) in [5.74, 6) is 0.558. The van der Waals surface area contributed by atoms with E-state index < -0.39 is 0 Å². The maximum atomic E-state index is 6.12. The van der Waals surface area contributed by atoms with Crippen molar-refractivity contribution in [1.29, 1.82) is 0 Å². The monoisotopic (exact) mass is 277 g/mol. The first-order valence-electron chi connectivity index (χ1n) is 6.41. The fourth-order valence-corrected chi connectivity index (χ4v) is 2.03. The second-order valence-corrected chi connectivity index (χ2v) is 5.32. The number of aromatic nitrogens is 4. The molecular weight excluding hydrogens is 262 g/mol. The lowest BCUT2D eigenvalue weighted by atomic mass is 10.3. The average Bonchev–Trinajstić information content (AvgIpc) is 3.21. The van der Waals surface area contributed by atoms with E-state index in [0.29, 0.717) is 17.0 Å². The fraction of sp³-hybridized carbons (Fsp3) is 0.462. The molecule has 1 saturated carbocycles. The lowest BCUT2D eigenvalue weighted by Gasteiger charge is -2.05. The van der Waals surface area contributed by atoms with Crippen LogP contribution in [-0.2, 0) is 6.54 Å². The van der Waals surface area contributed by atoms with Gasteiger partial charge in [-0.25, -0.2) is 14.6 Å². The molecule has 2 aromatic heterocycles. The van der Waals surface area contributed by atoms with Gasteiger partial charge in [0.25, 0.3) is 5.95 Å². The Morgan fingerprint density at radius 2 is 2.00 bits per heavy atom. The van der Waals surface area contributed by atoms with Gasteiger partial charge in [0.05, 0.1) is 16.4 Å². The highest BCUT2D eigenvalue weighted by atomic mass is 35.5. The molecule has 1 aliphatic rings. The van der Waals surface area contributed by atoms with Crippen LogP contribution in [0.4, 0.5) is 0 Å². The molecule has 0 unspecified atom stereocenters. The Morgan fingerprint density at radius 1 is 1.32 bits per heavy atom. The van der Waals surface area contributed by atoms with Crippen LogP contribution >= 0.6 is 11.6 Å². The van der Waals surface area contributed by atoms with Crippen LogP contribution in [0, 0.1) is 13.8 Å². The smallest absolute Gasteiger partial charge is 0.250 e. The van der Waals surface area contributed by atoms with Crippen molar-refractivity contribution < 1.29 is 0 Å². The molecule has 1 aliphatic carbocycles. The zero-order valence-electron chi connectivity index (χ0n) is 11.0. The normalized spacial score (nSPS) is 14.9. The van der Waals surface area contributed by atoms with Crippen LogP contribution in [0.15, 0.2) is 12.4 Å². The number of hydrogen-bond donors (Lipinski definition) is 1. The highest BCUT2D eigenvalue weighted by molar-refractivity contribution is 6.31. The molecule has 3 rings (SSSR count). The first-order valence-corrected chi connectivity index (χ1v) is 6.79. The zero-order chi connectivity index (χ0) is 13.4. The molecule has 0 aromatic carbocycles. The van der Waals surface area contributed by atoms with Crippen LogP contribution < -0.4 is 5.32 Å². The lowest BCUT2D eigenvalue weighted by Crippen LogP contribution is -2.16. The highest BCUT2D eigenvalue weighted by Gasteiger charge is 2.20. The third-order valence-corrected chi connectivity index (χ3v) is 3.80. The van der Waals surface area contributed by atoms with E-state index in [1.54, 1.807) is 4.68 Å². The van der Waals surface area contributed by atoms with Gasteiger partial charge < -0.3 is 5.32 Å². The minimum atomic E-state index is 0.558. The Labute approximate surface area is 117 Å². The summed E-state index contributed by atoms with van der Waals surface area (Å²) in [6.07, 6.45) is 6.23. The van der Waals surface area contributed by atoms with Gasteiger partial charge in [0.15, 0.2) is 0 Å². The molecule has 5 nitrogen and oxygen atoms in total. The number of nitrogens with zero attached hydrogens (tertiary/aromatic N) is 4. The summed E-state index contributed by atoms with van der Waals surface area (Å²) in [4.78, 5) is 8.71. The number of hydrogen-bond acceptors (Lipinski definition) is 4. The minimum Gasteiger partial charge on any atom is -0.310 e. The standard InChI is InChI=1S/C13H16ClN5/c1-8-12(14)9(2)19(18-8)13-16-6-10(7-17-13)5-15-11-3-4-11/h6-7,11,15H,3-5H2,1-2H3. The fourth-order valence-electron chi connectivity index (χ4n) is 1.92. The van der Waals surface area contributed by atoms with Crippen molar-refractivity contribution in [1.82, 2.24) is 25.1 Å². The molecule has 0 aliphatic heterocycles. The minimum absolute atomic E-state index is 0.558. The van der Waals surface area contributed by atoms with Gasteiger partial charge in [-0.15, -0.1) is 0 Å². The quantitative estimate of drug-likeness (QED) is 0.931. The van der Waals surface area contributed by atoms with Crippen LogP contribution in [0.25, 0.3) is 5.95 Å². The molecule has 2 heterocycles. The van der Waals surface area contributed by atoms with Crippen LogP contribution in [0.1, 0.15) is 29.8 Å². The molecule has 100 valence electrons. The van der Waals surface area contributed by atoms with Gasteiger partial charge in [-0.05, 0) is 26.7 Å². The van der Waals surface area contributed by atoms with Crippen LogP contribution in [0.2, 0.25) is 5.02 Å². The summed E-state index contributed by atoms with van der Waals surface area (Å²) in [6, 6.07) is 0.689. The van der Waals surface area contributed by atoms with Crippen molar-refractivity contribution in [3.63, 3.8) is 0 Å². The molecular formula is C13H16ClN5. The van der Waals surface area contributed by atoms with Crippen molar-refractivity contribution in [2.24, 2.45) is 0 Å². The predicted octanol–water partition coefficient (Wildman–Crippen LogP) is 2.18. The Morgan fingerprint density at radius 3 is 2.53 bits per heavy atom. The van der Waals surface area contributed by atoms with E-state index in [9.17, 15) is 0 Å². The largest absolute Gasteiger partial charge is 0.310 e. The van der Waals surface area contributed by atoms with Crippen molar-refractivity contribution >= 4 is 11.6 Å². The second kappa shape index (κ2) is 4.90. The SMILES string of the molecule is Cc1nn(-c2ncc(CNC3CC3)cn2)c(C)c1Cl. The third kappa shape index (κ3) is 2.62. The molecule has 0 saturated heterocycles. The van der Waals surface area contributed by atoms with Crippen molar-refractivity contribution in [3.8, 4) is 5.95 Å². The molecule has 6 heteroatoms. The molecule has 0 radical (unpaired) electrons. The van der Waals surface area contributed by atoms with Crippen LogP contribution in [0.3, 0.4) is 0 Å². The van der Waals surface area contributed by atoms with E-state index in [2.05, 4.69) is 20.4 Å². The van der Waals surface area contributed by atoms with Gasteiger partial charge in [-0.1, -0.05) is 11.6 Å². The summed E-state index contributed by atoms with van der Waals surface area (Å²) in [5.41, 5.74) is 2.74. The molecule has 0 atom stereocenters. The summed E-state index contributed by atoms with van der Waals surface area (Å²) in [7, 11) is 0. The van der Waals surface area contributed by atoms with Crippen molar-refractivity contribution in [2.75, 3.05) is 0 Å². The maximum absolute atomic E-state index is 6.12. The van der Waals surface area contributed by atoms with Crippen molar-refractivity contribution in [3.05, 3.63) is 34.4 Å². The summed E-state index contributed by atoms with van der Waals surface area (Å²) >= 11 is 6.12. The van der Waals surface area contributed by atoms with Gasteiger partial charge in [0.2, 0.25) is 0 Å². The number of nitrogens with one attached hydrogen (secondary N) is 1. The van der Waals surface area contributed by atoms with E-state index in [1.807, 2.05) is 26.2 Å². The van der Waals surface area contributed by atoms with Gasteiger partial charge in [0.1, 0.15) is 0 Å². The first kappa shape index (κ1) is 12.6. The first-order chi connectivity index (χ1) is 9.15. The Bertz CT molecular complexity index is 586. The Hall–Kier alpha value is -1.46. The van der Waals surface area contributed by atoms with Gasteiger partial charge >= 0.3 is 0 Å². The predicted molar refractivity (Wildman–Crippen MR) is 73.5 cm³/mol. The van der Waals surface area contributed by atoms with Crippen molar-refractivity contribution in [2.45, 2.75) is 39.3 Å². The highest BCUT2D eigenvalue weighted by Crippen LogP contribution is 2.21. The maximum Gasteiger partial charge on any atom is 0.250 e. The van der Waals surface area contributed by atoms with Gasteiger partial charge in [0, 0.05) is 30.5 Å². The summed E-state index contributed by atoms with van der Waals surface area (Å²) in [6.45, 7) is 4.61. The molecule has 1 fully saturated rings. The number of aryl methyl sites for hydroxylation is 1. The van der Waals surface area contributed by atoms with Gasteiger partial charge in [-0.3, -0.25) is 0 Å². The summed E-state index contributed by atoms with van der Waals surface area (Å²) in [5, 5.41) is 8.44. The Kier molecular flexibility index (Phi) is 3.24. The molecule has 0 spiro atoms. The average molecular weight is 278 g/mol. The summed E-state index contributed by atoms with van der Waals surface area (Å²) < 4.78 is 1.68. The van der Waals surface area contributed by atoms with E-state index in [1.165, 1.54) is 12.8 Å². The van der Waals surface area contributed by atoms with E-state index in [4.69, 9.17) is 11.6 Å². The second-order valence-electron chi connectivity index (χ2n) is 4.94. The van der Waals surface area contributed by atoms with Gasteiger partial charge in [-0.2, -0.15) is 5.10 Å². The molecule has 1 N–H and O–H groups in total. The number of rotatable bonds is 4. The molecule has 0 bridgehead atoms. The molecule has 2 aromatic rings. The van der Waals surface area contributed by atoms with E-state index in [-0.39, 0.29) is 0 Å². The van der Waals surface area contributed by atoms with E-state index >= 15 is 0 Å².